The number of nitrogens with zero attached hydrogens (tertiary/aromatic N) is 1. The van der Waals surface area contributed by atoms with Gasteiger partial charge in [0.2, 0.25) is 5.91 Å². The first-order valence-corrected chi connectivity index (χ1v) is 3.87. The maximum absolute atomic E-state index is 10.9. The highest BCUT2D eigenvalue weighted by atomic mass is 16.2. The van der Waals surface area contributed by atoms with Crippen LogP contribution in [0, 0.1) is 0 Å². The molecule has 0 aliphatic heterocycles. The van der Waals surface area contributed by atoms with E-state index in [1.807, 2.05) is 11.9 Å². The fourth-order valence-electron chi connectivity index (χ4n) is 1.40. The van der Waals surface area contributed by atoms with Crippen LogP contribution in [-0.4, -0.2) is 23.4 Å². The van der Waals surface area contributed by atoms with Crippen molar-refractivity contribution in [1.82, 2.24) is 4.90 Å². The molecule has 0 aromatic carbocycles. The molecule has 2 heteroatoms. The van der Waals surface area contributed by atoms with Crippen molar-refractivity contribution in [3.63, 3.8) is 0 Å². The van der Waals surface area contributed by atoms with Gasteiger partial charge < -0.3 is 4.90 Å². The van der Waals surface area contributed by atoms with Crippen LogP contribution >= 0.6 is 0 Å². The van der Waals surface area contributed by atoms with E-state index >= 15 is 0 Å². The third-order valence-corrected chi connectivity index (χ3v) is 2.67. The predicted molar refractivity (Wildman–Crippen MR) is 40.7 cm³/mol. The second-order valence-electron chi connectivity index (χ2n) is 3.16. The van der Waals surface area contributed by atoms with Gasteiger partial charge in [-0.05, 0) is 19.3 Å². The van der Waals surface area contributed by atoms with Crippen LogP contribution in [0.15, 0.2) is 0 Å². The number of carbonyl (C=O) groups excluding carboxylic acids is 1. The van der Waals surface area contributed by atoms with Crippen LogP contribution in [0.2, 0.25) is 0 Å². The largest absolute Gasteiger partial charge is 0.340 e. The molecule has 0 aromatic rings. The molecule has 0 heterocycles. The van der Waals surface area contributed by atoms with Gasteiger partial charge in [0.15, 0.2) is 0 Å². The molecule has 1 fully saturated rings. The van der Waals surface area contributed by atoms with Gasteiger partial charge in [-0.1, -0.05) is 6.92 Å². The van der Waals surface area contributed by atoms with E-state index in [1.165, 1.54) is 12.8 Å². The third-order valence-electron chi connectivity index (χ3n) is 2.67. The van der Waals surface area contributed by atoms with Gasteiger partial charge in [0.25, 0.3) is 0 Å². The smallest absolute Gasteiger partial charge is 0.219 e. The zero-order valence-electron chi connectivity index (χ0n) is 6.98. The summed E-state index contributed by atoms with van der Waals surface area (Å²) < 4.78 is 0. The first-order chi connectivity index (χ1) is 4.62. The normalized spacial score (nSPS) is 20.3. The highest BCUT2D eigenvalue weighted by Gasteiger charge is 2.45. The van der Waals surface area contributed by atoms with Crippen LogP contribution in [-0.2, 0) is 4.79 Å². The molecule has 1 saturated carbocycles. The van der Waals surface area contributed by atoms with Crippen molar-refractivity contribution >= 4 is 5.91 Å². The topological polar surface area (TPSA) is 20.3 Å². The van der Waals surface area contributed by atoms with Gasteiger partial charge in [-0.2, -0.15) is 0 Å². The molecule has 1 amide bonds. The SMILES string of the molecule is CCC1(N(C)C(C)=O)CC1. The Morgan fingerprint density at radius 3 is 2.20 bits per heavy atom. The molecule has 0 N–H and O–H groups in total. The lowest BCUT2D eigenvalue weighted by molar-refractivity contribution is -0.130. The van der Waals surface area contributed by atoms with Crippen LogP contribution in [0.5, 0.6) is 0 Å². The number of carbonyl (C=O) groups is 1. The lowest BCUT2D eigenvalue weighted by Crippen LogP contribution is -2.36. The van der Waals surface area contributed by atoms with Crippen molar-refractivity contribution in [3.05, 3.63) is 0 Å². The Morgan fingerprint density at radius 2 is 2.10 bits per heavy atom. The molecule has 1 aliphatic carbocycles. The van der Waals surface area contributed by atoms with Crippen LogP contribution < -0.4 is 0 Å². The minimum atomic E-state index is 0.194. The summed E-state index contributed by atoms with van der Waals surface area (Å²) in [5.74, 6) is 0.194. The summed E-state index contributed by atoms with van der Waals surface area (Å²) in [5, 5.41) is 0. The summed E-state index contributed by atoms with van der Waals surface area (Å²) in [6, 6.07) is 0. The van der Waals surface area contributed by atoms with E-state index in [0.717, 1.165) is 6.42 Å². The molecule has 0 spiro atoms. The standard InChI is InChI=1S/C8H15NO/c1-4-8(5-6-8)9(3)7(2)10/h4-6H2,1-3H3. The molecule has 1 rings (SSSR count). The molecular formula is C8H15NO. The van der Waals surface area contributed by atoms with Crippen molar-refractivity contribution in [2.24, 2.45) is 0 Å². The van der Waals surface area contributed by atoms with E-state index in [4.69, 9.17) is 0 Å². The molecule has 0 radical (unpaired) electrons. The Kier molecular flexibility index (Phi) is 1.71. The second kappa shape index (κ2) is 2.26. The summed E-state index contributed by atoms with van der Waals surface area (Å²) >= 11 is 0. The van der Waals surface area contributed by atoms with E-state index in [2.05, 4.69) is 6.92 Å². The first kappa shape index (κ1) is 7.58. The van der Waals surface area contributed by atoms with E-state index in [1.54, 1.807) is 6.92 Å². The Labute approximate surface area is 62.2 Å². The highest BCUT2D eigenvalue weighted by Crippen LogP contribution is 2.43. The van der Waals surface area contributed by atoms with Gasteiger partial charge in [-0.3, -0.25) is 4.79 Å². The quantitative estimate of drug-likeness (QED) is 0.569. The molecule has 0 saturated heterocycles. The second-order valence-corrected chi connectivity index (χ2v) is 3.16. The lowest BCUT2D eigenvalue weighted by atomic mass is 10.2. The van der Waals surface area contributed by atoms with E-state index in [9.17, 15) is 4.79 Å². The minimum Gasteiger partial charge on any atom is -0.340 e. The van der Waals surface area contributed by atoms with Gasteiger partial charge in [-0.25, -0.2) is 0 Å². The van der Waals surface area contributed by atoms with E-state index in [0.29, 0.717) is 0 Å². The average molecular weight is 141 g/mol. The molecular weight excluding hydrogens is 126 g/mol. The summed E-state index contributed by atoms with van der Waals surface area (Å²) in [6.45, 7) is 3.78. The fraction of sp³-hybridized carbons (Fsp3) is 0.875. The molecule has 1 aliphatic rings. The molecule has 58 valence electrons. The van der Waals surface area contributed by atoms with Crippen LogP contribution in [0.25, 0.3) is 0 Å². The van der Waals surface area contributed by atoms with Gasteiger partial charge in [0, 0.05) is 19.5 Å². The van der Waals surface area contributed by atoms with Crippen molar-refractivity contribution in [2.45, 2.75) is 38.6 Å². The van der Waals surface area contributed by atoms with E-state index in [-0.39, 0.29) is 11.4 Å². The Hall–Kier alpha value is -0.530. The van der Waals surface area contributed by atoms with E-state index < -0.39 is 0 Å². The maximum atomic E-state index is 10.9. The summed E-state index contributed by atoms with van der Waals surface area (Å²) in [5.41, 5.74) is 0.256. The fourth-order valence-corrected chi connectivity index (χ4v) is 1.40. The lowest BCUT2D eigenvalue weighted by Gasteiger charge is -2.25. The Morgan fingerprint density at radius 1 is 1.60 bits per heavy atom. The van der Waals surface area contributed by atoms with Crippen molar-refractivity contribution < 1.29 is 4.79 Å². The van der Waals surface area contributed by atoms with Gasteiger partial charge in [0.1, 0.15) is 0 Å². The van der Waals surface area contributed by atoms with Crippen LogP contribution in [0.3, 0.4) is 0 Å². The van der Waals surface area contributed by atoms with Crippen molar-refractivity contribution in [3.8, 4) is 0 Å². The first-order valence-electron chi connectivity index (χ1n) is 3.87. The molecule has 0 unspecified atom stereocenters. The summed E-state index contributed by atoms with van der Waals surface area (Å²) in [6.07, 6.45) is 3.49. The van der Waals surface area contributed by atoms with Gasteiger partial charge in [0.05, 0.1) is 0 Å². The molecule has 0 bridgehead atoms. The zero-order chi connectivity index (χ0) is 7.78. The number of hydrogen-bond acceptors (Lipinski definition) is 1. The van der Waals surface area contributed by atoms with Crippen molar-refractivity contribution in [2.75, 3.05) is 7.05 Å². The highest BCUT2D eigenvalue weighted by molar-refractivity contribution is 5.74. The molecule has 0 aromatic heterocycles. The Balaban J connectivity index is 2.55. The predicted octanol–water partition coefficient (Wildman–Crippen LogP) is 1.41. The monoisotopic (exact) mass is 141 g/mol. The number of hydrogen-bond donors (Lipinski definition) is 0. The molecule has 0 atom stereocenters. The summed E-state index contributed by atoms with van der Waals surface area (Å²) in [7, 11) is 1.90. The number of amides is 1. The summed E-state index contributed by atoms with van der Waals surface area (Å²) in [4.78, 5) is 12.8. The zero-order valence-corrected chi connectivity index (χ0v) is 6.98. The van der Waals surface area contributed by atoms with Crippen LogP contribution in [0.1, 0.15) is 33.1 Å². The third kappa shape index (κ3) is 1.02. The minimum absolute atomic E-state index is 0.194. The number of rotatable bonds is 2. The van der Waals surface area contributed by atoms with Gasteiger partial charge in [-0.15, -0.1) is 0 Å². The van der Waals surface area contributed by atoms with Gasteiger partial charge >= 0.3 is 0 Å². The average Bonchev–Trinajstić information content (AvgIpc) is 2.66. The maximum Gasteiger partial charge on any atom is 0.219 e. The van der Waals surface area contributed by atoms with Crippen LogP contribution in [0.4, 0.5) is 0 Å². The molecule has 2 nitrogen and oxygen atoms in total. The molecule has 10 heavy (non-hydrogen) atoms. The van der Waals surface area contributed by atoms with Crippen molar-refractivity contribution in [1.29, 1.82) is 0 Å². The Bertz CT molecular complexity index is 149.